The molecule has 0 saturated heterocycles. The van der Waals surface area contributed by atoms with Gasteiger partial charge in [-0.25, -0.2) is 14.3 Å². The molecule has 8 nitrogen and oxygen atoms in total. The lowest BCUT2D eigenvalue weighted by Crippen LogP contribution is -2.44. The maximum atomic E-state index is 13.5. The molecule has 4 rings (SSSR count). The molecule has 2 aromatic carbocycles. The van der Waals surface area contributed by atoms with Gasteiger partial charge < -0.3 is 9.88 Å². The van der Waals surface area contributed by atoms with E-state index in [9.17, 15) is 14.4 Å². The first-order valence-electron chi connectivity index (χ1n) is 12.2. The minimum atomic E-state index is -0.555. The molecule has 2 heterocycles. The molecule has 0 fully saturated rings. The standard InChI is InChI=1S/C28H33N5O3/c1-18(2)14-31-17-29-26-25(31)27(35)33(28(36)32(26)15-22-9-7-6-8-10-22)16-24(34)30-21(5)23-12-11-19(3)20(4)13-23/h6-13,17-18,21H,14-16H2,1-5H3,(H,30,34). The first-order chi connectivity index (χ1) is 17.2. The van der Waals surface area contributed by atoms with Crippen molar-refractivity contribution in [1.29, 1.82) is 0 Å². The van der Waals surface area contributed by atoms with Gasteiger partial charge in [-0.2, -0.15) is 0 Å². The summed E-state index contributed by atoms with van der Waals surface area (Å²) in [6, 6.07) is 15.3. The molecule has 0 bridgehead atoms. The van der Waals surface area contributed by atoms with Crippen molar-refractivity contribution in [2.75, 3.05) is 0 Å². The molecule has 0 aliphatic heterocycles. The minimum Gasteiger partial charge on any atom is -0.348 e. The summed E-state index contributed by atoms with van der Waals surface area (Å²) in [7, 11) is 0. The van der Waals surface area contributed by atoms with E-state index in [1.807, 2.05) is 83.1 Å². The van der Waals surface area contributed by atoms with Crippen molar-refractivity contribution in [3.8, 4) is 0 Å². The number of aromatic nitrogens is 4. The average molecular weight is 488 g/mol. The number of imidazole rings is 1. The summed E-state index contributed by atoms with van der Waals surface area (Å²) in [5.41, 5.74) is 3.77. The van der Waals surface area contributed by atoms with Crippen molar-refractivity contribution < 1.29 is 4.79 Å². The Morgan fingerprint density at radius 1 is 0.972 bits per heavy atom. The Labute approximate surface area is 210 Å². The van der Waals surface area contributed by atoms with Gasteiger partial charge in [0.1, 0.15) is 6.54 Å². The maximum Gasteiger partial charge on any atom is 0.333 e. The van der Waals surface area contributed by atoms with Crippen molar-refractivity contribution in [3.63, 3.8) is 0 Å². The molecule has 0 saturated carbocycles. The number of nitrogens with one attached hydrogen (secondary N) is 1. The van der Waals surface area contributed by atoms with Crippen LogP contribution in [0.15, 0.2) is 64.4 Å². The van der Waals surface area contributed by atoms with Crippen LogP contribution in [0.2, 0.25) is 0 Å². The summed E-state index contributed by atoms with van der Waals surface area (Å²) >= 11 is 0. The highest BCUT2D eigenvalue weighted by Crippen LogP contribution is 2.17. The Morgan fingerprint density at radius 2 is 1.69 bits per heavy atom. The van der Waals surface area contributed by atoms with Crippen molar-refractivity contribution >= 4 is 17.1 Å². The molecule has 0 aliphatic carbocycles. The summed E-state index contributed by atoms with van der Waals surface area (Å²) < 4.78 is 4.27. The first kappa shape index (κ1) is 25.2. The largest absolute Gasteiger partial charge is 0.348 e. The molecule has 1 unspecified atom stereocenters. The van der Waals surface area contributed by atoms with E-state index in [1.54, 1.807) is 10.9 Å². The van der Waals surface area contributed by atoms with E-state index in [4.69, 9.17) is 0 Å². The molecule has 188 valence electrons. The fraction of sp³-hybridized carbons (Fsp3) is 0.357. The molecule has 1 atom stereocenters. The molecule has 1 amide bonds. The molecule has 1 N–H and O–H groups in total. The highest BCUT2D eigenvalue weighted by Gasteiger charge is 2.21. The predicted octanol–water partition coefficient (Wildman–Crippen LogP) is 3.56. The van der Waals surface area contributed by atoms with Crippen LogP contribution in [0.5, 0.6) is 0 Å². The summed E-state index contributed by atoms with van der Waals surface area (Å²) in [5, 5.41) is 2.93. The van der Waals surface area contributed by atoms with Crippen LogP contribution < -0.4 is 16.6 Å². The molecule has 0 spiro atoms. The third kappa shape index (κ3) is 5.17. The topological polar surface area (TPSA) is 90.9 Å². The van der Waals surface area contributed by atoms with Crippen LogP contribution in [0.25, 0.3) is 11.2 Å². The maximum absolute atomic E-state index is 13.5. The number of hydrogen-bond donors (Lipinski definition) is 1. The predicted molar refractivity (Wildman–Crippen MR) is 141 cm³/mol. The van der Waals surface area contributed by atoms with E-state index >= 15 is 0 Å². The van der Waals surface area contributed by atoms with E-state index in [1.165, 1.54) is 10.1 Å². The zero-order chi connectivity index (χ0) is 26.0. The number of rotatable bonds is 8. The number of aryl methyl sites for hydroxylation is 2. The SMILES string of the molecule is Cc1ccc(C(C)NC(=O)Cn2c(=O)c3c(ncn3CC(C)C)n(Cc3ccccc3)c2=O)cc1C. The molecule has 36 heavy (non-hydrogen) atoms. The number of carbonyl (C=O) groups is 1. The highest BCUT2D eigenvalue weighted by molar-refractivity contribution is 5.77. The smallest absolute Gasteiger partial charge is 0.333 e. The Kier molecular flexibility index (Phi) is 7.24. The third-order valence-corrected chi connectivity index (χ3v) is 6.44. The van der Waals surface area contributed by atoms with Crippen molar-refractivity contribution in [1.82, 2.24) is 24.0 Å². The van der Waals surface area contributed by atoms with Crippen LogP contribution in [0.3, 0.4) is 0 Å². The molecule has 4 aromatic rings. The lowest BCUT2D eigenvalue weighted by Gasteiger charge is -2.17. The second kappa shape index (κ2) is 10.4. The lowest BCUT2D eigenvalue weighted by atomic mass is 10.0. The average Bonchev–Trinajstić information content (AvgIpc) is 3.24. The zero-order valence-corrected chi connectivity index (χ0v) is 21.5. The number of nitrogens with zero attached hydrogens (tertiary/aromatic N) is 4. The number of fused-ring (bicyclic) bond motifs is 1. The van der Waals surface area contributed by atoms with E-state index in [0.29, 0.717) is 17.7 Å². The number of carbonyl (C=O) groups excluding carboxylic acids is 1. The van der Waals surface area contributed by atoms with Crippen LogP contribution in [0.1, 0.15) is 49.1 Å². The highest BCUT2D eigenvalue weighted by atomic mass is 16.2. The van der Waals surface area contributed by atoms with Gasteiger partial charge in [-0.3, -0.25) is 14.2 Å². The Balaban J connectivity index is 1.72. The van der Waals surface area contributed by atoms with Gasteiger partial charge in [-0.15, -0.1) is 0 Å². The Hall–Kier alpha value is -3.94. The van der Waals surface area contributed by atoms with Gasteiger partial charge >= 0.3 is 5.69 Å². The van der Waals surface area contributed by atoms with Crippen molar-refractivity contribution in [2.45, 2.75) is 60.3 Å². The third-order valence-electron chi connectivity index (χ3n) is 6.44. The van der Waals surface area contributed by atoms with Gasteiger partial charge in [0.25, 0.3) is 5.56 Å². The number of hydrogen-bond acceptors (Lipinski definition) is 4. The number of benzene rings is 2. The summed E-state index contributed by atoms with van der Waals surface area (Å²) in [6.45, 7) is 10.5. The Morgan fingerprint density at radius 3 is 2.36 bits per heavy atom. The second-order valence-electron chi connectivity index (χ2n) is 9.84. The van der Waals surface area contributed by atoms with Gasteiger partial charge in [0.05, 0.1) is 18.9 Å². The van der Waals surface area contributed by atoms with Crippen molar-refractivity contribution in [2.24, 2.45) is 5.92 Å². The molecular weight excluding hydrogens is 454 g/mol. The van der Waals surface area contributed by atoms with Gasteiger partial charge in [-0.05, 0) is 48.9 Å². The Bertz CT molecular complexity index is 1510. The van der Waals surface area contributed by atoms with E-state index < -0.39 is 17.2 Å². The molecule has 0 radical (unpaired) electrons. The molecule has 2 aromatic heterocycles. The molecule has 0 aliphatic rings. The van der Waals surface area contributed by atoms with Crippen LogP contribution in [-0.2, 0) is 24.4 Å². The van der Waals surface area contributed by atoms with Crippen LogP contribution >= 0.6 is 0 Å². The zero-order valence-electron chi connectivity index (χ0n) is 21.5. The summed E-state index contributed by atoms with van der Waals surface area (Å²) in [4.78, 5) is 44.5. The monoisotopic (exact) mass is 487 g/mol. The molecular formula is C28H33N5O3. The first-order valence-corrected chi connectivity index (χ1v) is 12.2. The fourth-order valence-corrected chi connectivity index (χ4v) is 4.37. The van der Waals surface area contributed by atoms with Crippen molar-refractivity contribution in [3.05, 3.63) is 98.0 Å². The van der Waals surface area contributed by atoms with Gasteiger partial charge in [0.15, 0.2) is 11.2 Å². The van der Waals surface area contributed by atoms with Gasteiger partial charge in [0, 0.05) is 6.54 Å². The van der Waals surface area contributed by atoms with E-state index in [-0.39, 0.29) is 25.0 Å². The van der Waals surface area contributed by atoms with E-state index in [0.717, 1.165) is 21.3 Å². The number of amides is 1. The lowest BCUT2D eigenvalue weighted by molar-refractivity contribution is -0.122. The normalized spacial score (nSPS) is 12.3. The minimum absolute atomic E-state index is 0.246. The van der Waals surface area contributed by atoms with Gasteiger partial charge in [0.2, 0.25) is 5.91 Å². The quantitative estimate of drug-likeness (QED) is 0.411. The van der Waals surface area contributed by atoms with Crippen LogP contribution in [0.4, 0.5) is 0 Å². The summed E-state index contributed by atoms with van der Waals surface area (Å²) in [6.07, 6.45) is 1.60. The van der Waals surface area contributed by atoms with E-state index in [2.05, 4.69) is 10.3 Å². The van der Waals surface area contributed by atoms with Crippen LogP contribution in [-0.4, -0.2) is 24.6 Å². The molecule has 8 heteroatoms. The van der Waals surface area contributed by atoms with Crippen LogP contribution in [0, 0.1) is 19.8 Å². The van der Waals surface area contributed by atoms with Gasteiger partial charge in [-0.1, -0.05) is 62.4 Å². The second-order valence-corrected chi connectivity index (χ2v) is 9.84. The summed E-state index contributed by atoms with van der Waals surface area (Å²) in [5.74, 6) is -0.132. The fourth-order valence-electron chi connectivity index (χ4n) is 4.37.